The topological polar surface area (TPSA) is 69.0 Å². The fraction of sp³-hybridized carbons (Fsp3) is 0.304. The van der Waals surface area contributed by atoms with Crippen LogP contribution in [0.5, 0.6) is 0 Å². The molecule has 1 aromatic heterocycles. The zero-order valence-corrected chi connectivity index (χ0v) is 18.1. The molecule has 3 aromatic rings. The highest BCUT2D eigenvalue weighted by molar-refractivity contribution is 7.90. The number of sulfone groups is 1. The molecule has 30 heavy (non-hydrogen) atoms. The van der Waals surface area contributed by atoms with Crippen molar-refractivity contribution >= 4 is 9.84 Å². The van der Waals surface area contributed by atoms with Gasteiger partial charge in [0.15, 0.2) is 9.84 Å². The molecule has 0 N–H and O–H groups in total. The van der Waals surface area contributed by atoms with Crippen molar-refractivity contribution in [3.05, 3.63) is 76.5 Å². The number of hydrogen-bond acceptors (Lipinski definition) is 4. The molecule has 0 saturated heterocycles. The molecular weight excluding hydrogens is 403 g/mol. The van der Waals surface area contributed by atoms with Crippen LogP contribution >= 0.6 is 0 Å². The smallest absolute Gasteiger partial charge is 0.267 e. The Morgan fingerprint density at radius 1 is 1.03 bits per heavy atom. The van der Waals surface area contributed by atoms with E-state index in [0.717, 1.165) is 24.7 Å². The number of nitrogens with zero attached hydrogens (tertiary/aromatic N) is 2. The van der Waals surface area contributed by atoms with Gasteiger partial charge in [-0.2, -0.15) is 9.78 Å². The van der Waals surface area contributed by atoms with Crippen molar-refractivity contribution in [1.29, 1.82) is 0 Å². The minimum atomic E-state index is -3.30. The summed E-state index contributed by atoms with van der Waals surface area (Å²) in [5.74, 6) is 0.134. The predicted molar refractivity (Wildman–Crippen MR) is 116 cm³/mol. The molecule has 1 heterocycles. The van der Waals surface area contributed by atoms with E-state index >= 15 is 0 Å². The van der Waals surface area contributed by atoms with Gasteiger partial charge < -0.3 is 0 Å². The van der Waals surface area contributed by atoms with Crippen LogP contribution < -0.4 is 5.56 Å². The molecule has 158 valence electrons. The van der Waals surface area contributed by atoms with Crippen molar-refractivity contribution in [2.45, 2.75) is 38.0 Å². The van der Waals surface area contributed by atoms with Gasteiger partial charge in [-0.25, -0.2) is 12.8 Å². The molecule has 0 spiro atoms. The highest BCUT2D eigenvalue weighted by Crippen LogP contribution is 2.25. The fourth-order valence-electron chi connectivity index (χ4n) is 3.31. The normalized spacial score (nSPS) is 11.8. The molecule has 2 aromatic carbocycles. The van der Waals surface area contributed by atoms with Crippen molar-refractivity contribution in [3.8, 4) is 16.8 Å². The first-order valence-electron chi connectivity index (χ1n) is 9.84. The van der Waals surface area contributed by atoms with Gasteiger partial charge >= 0.3 is 0 Å². The van der Waals surface area contributed by atoms with Crippen LogP contribution in [-0.2, 0) is 16.3 Å². The van der Waals surface area contributed by atoms with E-state index in [4.69, 9.17) is 0 Å². The van der Waals surface area contributed by atoms with Crippen LogP contribution in [0.3, 0.4) is 0 Å². The highest BCUT2D eigenvalue weighted by Gasteiger charge is 2.15. The van der Waals surface area contributed by atoms with E-state index < -0.39 is 9.84 Å². The summed E-state index contributed by atoms with van der Waals surface area (Å²) in [5, 5.41) is 4.29. The van der Waals surface area contributed by atoms with E-state index in [1.165, 1.54) is 41.1 Å². The van der Waals surface area contributed by atoms with E-state index in [9.17, 15) is 17.6 Å². The number of rotatable bonds is 7. The summed E-state index contributed by atoms with van der Waals surface area (Å²) in [6.07, 6.45) is 5.17. The van der Waals surface area contributed by atoms with Crippen molar-refractivity contribution < 1.29 is 12.8 Å². The van der Waals surface area contributed by atoms with Gasteiger partial charge in [0.25, 0.3) is 5.56 Å². The van der Waals surface area contributed by atoms with E-state index in [1.54, 1.807) is 18.3 Å². The van der Waals surface area contributed by atoms with E-state index in [1.807, 2.05) is 0 Å². The molecule has 5 nitrogen and oxygen atoms in total. The maximum atomic E-state index is 13.3. The second kappa shape index (κ2) is 8.92. The quantitative estimate of drug-likeness (QED) is 0.559. The SMILES string of the molecule is CC(C)CCCc1c(-c2ccc(S(C)(=O)=O)cc2)cnn(-c2ccc(F)cc2)c1=O. The molecule has 0 atom stereocenters. The Morgan fingerprint density at radius 3 is 2.23 bits per heavy atom. The Morgan fingerprint density at radius 2 is 1.67 bits per heavy atom. The molecule has 0 aliphatic rings. The first-order chi connectivity index (χ1) is 14.2. The number of halogens is 1. The van der Waals surface area contributed by atoms with Gasteiger partial charge in [-0.1, -0.05) is 32.4 Å². The van der Waals surface area contributed by atoms with Crippen LogP contribution in [0.4, 0.5) is 4.39 Å². The lowest BCUT2D eigenvalue weighted by atomic mass is 9.97. The molecule has 0 radical (unpaired) electrons. The van der Waals surface area contributed by atoms with Crippen LogP contribution in [0.2, 0.25) is 0 Å². The third kappa shape index (κ3) is 5.02. The second-order valence-electron chi connectivity index (χ2n) is 7.81. The van der Waals surface area contributed by atoms with Gasteiger partial charge in [0.05, 0.1) is 16.8 Å². The Balaban J connectivity index is 2.08. The van der Waals surface area contributed by atoms with Crippen LogP contribution in [0.25, 0.3) is 16.8 Å². The summed E-state index contributed by atoms with van der Waals surface area (Å²) in [4.78, 5) is 13.5. The maximum absolute atomic E-state index is 13.3. The van der Waals surface area contributed by atoms with E-state index in [-0.39, 0.29) is 16.3 Å². The van der Waals surface area contributed by atoms with Crippen LogP contribution in [0, 0.1) is 11.7 Å². The molecule has 0 unspecified atom stereocenters. The molecular formula is C23H25FN2O3S. The molecule has 0 aliphatic carbocycles. The Labute approximate surface area is 176 Å². The van der Waals surface area contributed by atoms with E-state index in [0.29, 0.717) is 29.2 Å². The second-order valence-corrected chi connectivity index (χ2v) is 9.83. The lowest BCUT2D eigenvalue weighted by Gasteiger charge is -2.13. The van der Waals surface area contributed by atoms with Gasteiger partial charge in [-0.05, 0) is 60.7 Å². The Kier molecular flexibility index (Phi) is 6.51. The summed E-state index contributed by atoms with van der Waals surface area (Å²) >= 11 is 0. The fourth-order valence-corrected chi connectivity index (χ4v) is 3.94. The third-order valence-electron chi connectivity index (χ3n) is 4.95. The molecule has 0 amide bonds. The zero-order valence-electron chi connectivity index (χ0n) is 17.3. The molecule has 3 rings (SSSR count). The average molecular weight is 429 g/mol. The van der Waals surface area contributed by atoms with Gasteiger partial charge in [0.2, 0.25) is 0 Å². The van der Waals surface area contributed by atoms with Crippen LogP contribution in [0.1, 0.15) is 32.3 Å². The largest absolute Gasteiger partial charge is 0.275 e. The van der Waals surface area contributed by atoms with Crippen molar-refractivity contribution in [2.75, 3.05) is 6.26 Å². The minimum Gasteiger partial charge on any atom is -0.267 e. The summed E-state index contributed by atoms with van der Waals surface area (Å²) in [6.45, 7) is 4.27. The van der Waals surface area contributed by atoms with Crippen molar-refractivity contribution in [3.63, 3.8) is 0 Å². The summed E-state index contributed by atoms with van der Waals surface area (Å²) in [7, 11) is -3.30. The molecule has 0 saturated carbocycles. The van der Waals surface area contributed by atoms with Crippen LogP contribution in [-0.4, -0.2) is 24.5 Å². The number of aromatic nitrogens is 2. The third-order valence-corrected chi connectivity index (χ3v) is 6.08. The first kappa shape index (κ1) is 21.9. The monoisotopic (exact) mass is 428 g/mol. The molecule has 0 fully saturated rings. The summed E-state index contributed by atoms with van der Waals surface area (Å²) in [5.41, 5.74) is 2.27. The highest BCUT2D eigenvalue weighted by atomic mass is 32.2. The molecule has 7 heteroatoms. The molecule has 0 aliphatic heterocycles. The van der Waals surface area contributed by atoms with Gasteiger partial charge in [-0.15, -0.1) is 0 Å². The van der Waals surface area contributed by atoms with Gasteiger partial charge in [-0.3, -0.25) is 4.79 Å². The molecule has 0 bridgehead atoms. The van der Waals surface area contributed by atoms with E-state index in [2.05, 4.69) is 18.9 Å². The van der Waals surface area contributed by atoms with Gasteiger partial charge in [0.1, 0.15) is 5.82 Å². The standard InChI is InChI=1S/C23H25FN2O3S/c1-16(2)5-4-6-21-22(17-7-13-20(14-8-17)30(3,28)29)15-25-26(23(21)27)19-11-9-18(24)10-12-19/h7-16H,4-6H2,1-3H3. The predicted octanol–water partition coefficient (Wildman–Crippen LogP) is 4.42. The number of hydrogen-bond donors (Lipinski definition) is 0. The zero-order chi connectivity index (χ0) is 21.9. The summed E-state index contributed by atoms with van der Waals surface area (Å²) < 4.78 is 38.0. The van der Waals surface area contributed by atoms with Crippen molar-refractivity contribution in [2.24, 2.45) is 5.92 Å². The van der Waals surface area contributed by atoms with Gasteiger partial charge in [0, 0.05) is 17.4 Å². The van der Waals surface area contributed by atoms with Crippen molar-refractivity contribution in [1.82, 2.24) is 9.78 Å². The lowest BCUT2D eigenvalue weighted by molar-refractivity contribution is 0.553. The minimum absolute atomic E-state index is 0.222. The number of benzene rings is 2. The Bertz CT molecular complexity index is 1180. The first-order valence-corrected chi connectivity index (χ1v) is 11.7. The summed E-state index contributed by atoms with van der Waals surface area (Å²) in [6, 6.07) is 12.1. The van der Waals surface area contributed by atoms with Crippen LogP contribution in [0.15, 0.2) is 64.4 Å². The Hall–Kier alpha value is -2.80. The maximum Gasteiger partial charge on any atom is 0.275 e. The average Bonchev–Trinajstić information content (AvgIpc) is 2.69. The lowest BCUT2D eigenvalue weighted by Crippen LogP contribution is -2.25.